The van der Waals surface area contributed by atoms with E-state index in [0.717, 1.165) is 14.4 Å². The minimum absolute atomic E-state index is 0.211. The molecule has 4 heterocycles. The molecule has 0 bridgehead atoms. The van der Waals surface area contributed by atoms with Crippen molar-refractivity contribution in [2.75, 3.05) is 6.61 Å². The lowest BCUT2D eigenvalue weighted by atomic mass is 9.96. The van der Waals surface area contributed by atoms with E-state index in [4.69, 9.17) is 18.9 Å². The van der Waals surface area contributed by atoms with Gasteiger partial charge in [0.05, 0.1) is 11.2 Å². The van der Waals surface area contributed by atoms with Gasteiger partial charge in [-0.2, -0.15) is 0 Å². The van der Waals surface area contributed by atoms with Crippen molar-refractivity contribution in [1.82, 2.24) is 25.0 Å². The van der Waals surface area contributed by atoms with Gasteiger partial charge in [0.2, 0.25) is 0 Å². The largest absolute Gasteiger partial charge is 0.463 e. The van der Waals surface area contributed by atoms with Gasteiger partial charge in [-0.05, 0) is 28.9 Å². The minimum Gasteiger partial charge on any atom is -0.463 e. The van der Waals surface area contributed by atoms with Crippen LogP contribution >= 0.6 is 39.0 Å². The first-order valence-corrected chi connectivity index (χ1v) is 13.9. The Bertz CT molecular complexity index is 1320. The number of hydrogen-bond acceptors (Lipinski definition) is 13. The van der Waals surface area contributed by atoms with Crippen LogP contribution in [0.1, 0.15) is 31.8 Å². The Balaban J connectivity index is 1.79. The molecule has 15 heteroatoms. The zero-order valence-corrected chi connectivity index (χ0v) is 24.0. The average Bonchev–Trinajstić information content (AvgIpc) is 3.48. The summed E-state index contributed by atoms with van der Waals surface area (Å²) < 4.78 is 25.2. The second-order valence-electron chi connectivity index (χ2n) is 8.28. The summed E-state index contributed by atoms with van der Waals surface area (Å²) in [6.45, 7) is 5.46. The molecule has 3 aromatic heterocycles. The van der Waals surface area contributed by atoms with Gasteiger partial charge >= 0.3 is 17.9 Å². The van der Waals surface area contributed by atoms with E-state index in [-0.39, 0.29) is 6.61 Å². The van der Waals surface area contributed by atoms with E-state index in [2.05, 4.69) is 36.2 Å². The number of rotatable bonds is 8. The van der Waals surface area contributed by atoms with Crippen LogP contribution in [0, 0.1) is 6.92 Å². The van der Waals surface area contributed by atoms with Crippen molar-refractivity contribution in [3.63, 3.8) is 0 Å². The van der Waals surface area contributed by atoms with Crippen molar-refractivity contribution in [1.29, 1.82) is 0 Å². The Morgan fingerprint density at radius 2 is 1.84 bits per heavy atom. The van der Waals surface area contributed by atoms with Crippen molar-refractivity contribution in [2.24, 2.45) is 0 Å². The monoisotopic (exact) mass is 625 g/mol. The highest BCUT2D eigenvalue weighted by molar-refractivity contribution is 9.10. The molecule has 1 saturated heterocycles. The summed E-state index contributed by atoms with van der Waals surface area (Å²) >= 11 is 6.12. The number of carbonyl (C=O) groups is 3. The molecular formula is C23H24BrN5O7S2. The van der Waals surface area contributed by atoms with Gasteiger partial charge in [-0.25, -0.2) is 9.67 Å². The second-order valence-corrected chi connectivity index (χ2v) is 11.4. The molecule has 38 heavy (non-hydrogen) atoms. The van der Waals surface area contributed by atoms with E-state index < -0.39 is 47.7 Å². The second kappa shape index (κ2) is 12.3. The highest BCUT2D eigenvalue weighted by atomic mass is 79.9. The summed E-state index contributed by atoms with van der Waals surface area (Å²) in [5, 5.41) is 11.2. The predicted molar refractivity (Wildman–Crippen MR) is 139 cm³/mol. The molecule has 3 unspecified atom stereocenters. The molecule has 202 valence electrons. The number of thioether (sulfide) groups is 1. The zero-order chi connectivity index (χ0) is 27.4. The van der Waals surface area contributed by atoms with E-state index in [0.29, 0.717) is 11.4 Å². The van der Waals surface area contributed by atoms with E-state index >= 15 is 0 Å². The SMILES string of the molecule is CC(=O)OCC1O[C@H](Sc2cncc(Br)c2)C(OC(C)=O)C(n2cc(-c3csc(C)n3)nn2)[C@H]1OC(C)=O. The number of nitrogens with zero attached hydrogens (tertiary/aromatic N) is 5. The Kier molecular flexibility index (Phi) is 9.12. The number of esters is 3. The summed E-state index contributed by atoms with van der Waals surface area (Å²) in [5.74, 6) is -1.70. The van der Waals surface area contributed by atoms with Gasteiger partial charge in [-0.3, -0.25) is 19.4 Å². The quantitative estimate of drug-likeness (QED) is 0.267. The molecule has 1 aliphatic heterocycles. The highest BCUT2D eigenvalue weighted by Crippen LogP contribution is 2.41. The maximum absolute atomic E-state index is 12.3. The van der Waals surface area contributed by atoms with Gasteiger partial charge in [0.25, 0.3) is 0 Å². The third-order valence-electron chi connectivity index (χ3n) is 5.30. The fourth-order valence-corrected chi connectivity index (χ4v) is 6.15. The predicted octanol–water partition coefficient (Wildman–Crippen LogP) is 3.35. The van der Waals surface area contributed by atoms with Crippen LogP contribution in [0.2, 0.25) is 0 Å². The zero-order valence-electron chi connectivity index (χ0n) is 20.8. The summed E-state index contributed by atoms with van der Waals surface area (Å²) in [7, 11) is 0. The average molecular weight is 627 g/mol. The van der Waals surface area contributed by atoms with E-state index in [1.165, 1.54) is 48.6 Å². The molecule has 0 N–H and O–H groups in total. The van der Waals surface area contributed by atoms with Crippen LogP contribution in [0.15, 0.2) is 39.4 Å². The fraction of sp³-hybridized carbons (Fsp3) is 0.435. The maximum Gasteiger partial charge on any atom is 0.303 e. The lowest BCUT2D eigenvalue weighted by molar-refractivity contribution is -0.212. The molecule has 1 aliphatic rings. The number of hydrogen-bond donors (Lipinski definition) is 0. The number of halogens is 1. The third-order valence-corrected chi connectivity index (χ3v) is 7.62. The molecule has 0 spiro atoms. The van der Waals surface area contributed by atoms with Crippen molar-refractivity contribution in [2.45, 2.75) is 62.4 Å². The van der Waals surface area contributed by atoms with Crippen molar-refractivity contribution < 1.29 is 33.3 Å². The van der Waals surface area contributed by atoms with Crippen LogP contribution in [0.5, 0.6) is 0 Å². The fourth-order valence-electron chi connectivity index (χ4n) is 3.89. The van der Waals surface area contributed by atoms with Crippen LogP contribution < -0.4 is 0 Å². The van der Waals surface area contributed by atoms with Crippen LogP contribution in [0.25, 0.3) is 11.4 Å². The minimum atomic E-state index is -1.04. The van der Waals surface area contributed by atoms with Crippen LogP contribution in [0.3, 0.4) is 0 Å². The van der Waals surface area contributed by atoms with Crippen LogP contribution in [-0.2, 0) is 33.3 Å². The van der Waals surface area contributed by atoms with Crippen molar-refractivity contribution in [3.8, 4) is 11.4 Å². The highest BCUT2D eigenvalue weighted by Gasteiger charge is 2.52. The van der Waals surface area contributed by atoms with Gasteiger partial charge in [0.15, 0.2) is 12.2 Å². The first kappa shape index (κ1) is 28.1. The van der Waals surface area contributed by atoms with Crippen LogP contribution in [0.4, 0.5) is 0 Å². The molecule has 3 aromatic rings. The number of aromatic nitrogens is 5. The number of aryl methyl sites for hydroxylation is 1. The molecule has 0 amide bonds. The van der Waals surface area contributed by atoms with E-state index in [1.807, 2.05) is 18.4 Å². The smallest absolute Gasteiger partial charge is 0.303 e. The first-order valence-electron chi connectivity index (χ1n) is 11.4. The summed E-state index contributed by atoms with van der Waals surface area (Å²) in [6, 6.07) is 0.953. The Morgan fingerprint density at radius 3 is 2.47 bits per heavy atom. The first-order chi connectivity index (χ1) is 18.1. The number of thiazole rings is 1. The van der Waals surface area contributed by atoms with Crippen LogP contribution in [-0.4, -0.2) is 73.2 Å². The van der Waals surface area contributed by atoms with Gasteiger partial charge in [-0.1, -0.05) is 17.0 Å². The summed E-state index contributed by atoms with van der Waals surface area (Å²) in [6.07, 6.45) is 1.97. The molecule has 12 nitrogen and oxygen atoms in total. The summed E-state index contributed by atoms with van der Waals surface area (Å²) in [4.78, 5) is 45.4. The lowest BCUT2D eigenvalue weighted by Gasteiger charge is -2.44. The maximum atomic E-state index is 12.3. The van der Waals surface area contributed by atoms with Crippen molar-refractivity contribution in [3.05, 3.63) is 39.5 Å². The Labute approximate surface area is 234 Å². The number of ether oxygens (including phenoxy) is 4. The standard InChI is InChI=1S/C23H24BrN5O7S2/c1-11-26-18(10-37-11)17-8-29(28-27-17)20-21(34-13(3)31)19(9-33-12(2)30)36-23(22(20)35-14(4)32)38-16-5-15(24)6-25-7-16/h5-8,10,19-23H,9H2,1-4H3/t19?,20?,21-,22?,23+/m0/s1. The van der Waals surface area contributed by atoms with E-state index in [1.54, 1.807) is 18.6 Å². The van der Waals surface area contributed by atoms with Gasteiger partial charge in [-0.15, -0.1) is 16.4 Å². The molecule has 1 fully saturated rings. The molecule has 0 aromatic carbocycles. The Hall–Kier alpha value is -2.88. The molecule has 0 radical (unpaired) electrons. The van der Waals surface area contributed by atoms with Gasteiger partial charge < -0.3 is 18.9 Å². The molecular weight excluding hydrogens is 602 g/mol. The molecule has 0 aliphatic carbocycles. The topological polar surface area (TPSA) is 145 Å². The lowest BCUT2D eigenvalue weighted by Crippen LogP contribution is -2.57. The number of pyridine rings is 1. The summed E-state index contributed by atoms with van der Waals surface area (Å²) in [5.41, 5.74) is 0.295. The Morgan fingerprint density at radius 1 is 1.11 bits per heavy atom. The molecule has 4 rings (SSSR count). The van der Waals surface area contributed by atoms with Crippen molar-refractivity contribution >= 4 is 56.9 Å². The molecule has 5 atom stereocenters. The number of carbonyl (C=O) groups excluding carboxylic acids is 3. The molecule has 0 saturated carbocycles. The van der Waals surface area contributed by atoms with Gasteiger partial charge in [0.1, 0.15) is 35.6 Å². The third kappa shape index (κ3) is 6.95. The normalized spacial score (nSPS) is 23.0. The van der Waals surface area contributed by atoms with Gasteiger partial charge in [0, 0.05) is 47.9 Å². The van der Waals surface area contributed by atoms with E-state index in [9.17, 15) is 14.4 Å².